The molecule has 1 saturated carbocycles. The molecule has 1 aliphatic rings. The van der Waals surface area contributed by atoms with Gasteiger partial charge in [0, 0.05) is 6.42 Å². The zero-order chi connectivity index (χ0) is 7.40. The van der Waals surface area contributed by atoms with Crippen LogP contribution in [-0.4, -0.2) is 0 Å². The van der Waals surface area contributed by atoms with E-state index in [0.717, 1.165) is 24.7 Å². The lowest BCUT2D eigenvalue weighted by Crippen LogP contribution is -1.81. The quantitative estimate of drug-likeness (QED) is 0.584. The molecule has 56 valence electrons. The summed E-state index contributed by atoms with van der Waals surface area (Å²) in [5, 5.41) is 8.31. The average Bonchev–Trinajstić information content (AvgIpc) is 2.65. The van der Waals surface area contributed by atoms with Crippen LogP contribution >= 0.6 is 0 Å². The van der Waals surface area contributed by atoms with Crippen LogP contribution in [0.4, 0.5) is 0 Å². The van der Waals surface area contributed by atoms with Crippen molar-refractivity contribution in [2.45, 2.75) is 39.0 Å². The fraction of sp³-hybridized carbons (Fsp3) is 0.889. The summed E-state index contributed by atoms with van der Waals surface area (Å²) in [5.74, 6) is 1.90. The molecule has 10 heavy (non-hydrogen) atoms. The van der Waals surface area contributed by atoms with Crippen LogP contribution in [0.5, 0.6) is 0 Å². The van der Waals surface area contributed by atoms with Crippen molar-refractivity contribution in [3.05, 3.63) is 0 Å². The monoisotopic (exact) mass is 137 g/mol. The van der Waals surface area contributed by atoms with Crippen molar-refractivity contribution in [1.82, 2.24) is 0 Å². The molecule has 0 bridgehead atoms. The number of hydrogen-bond donors (Lipinski definition) is 0. The first-order chi connectivity index (χ1) is 4.88. The third kappa shape index (κ3) is 2.02. The van der Waals surface area contributed by atoms with Gasteiger partial charge < -0.3 is 0 Å². The summed E-state index contributed by atoms with van der Waals surface area (Å²) in [5.41, 5.74) is 0. The van der Waals surface area contributed by atoms with Gasteiger partial charge in [-0.1, -0.05) is 19.8 Å². The predicted molar refractivity (Wildman–Crippen MR) is 41.4 cm³/mol. The Hall–Kier alpha value is -0.510. The van der Waals surface area contributed by atoms with E-state index in [1.807, 2.05) is 0 Å². The van der Waals surface area contributed by atoms with Crippen LogP contribution in [0.2, 0.25) is 0 Å². The van der Waals surface area contributed by atoms with E-state index in [9.17, 15) is 0 Å². The molecular formula is C9H15N. The fourth-order valence-electron chi connectivity index (χ4n) is 1.64. The maximum absolute atomic E-state index is 8.31. The Morgan fingerprint density at radius 3 is 2.70 bits per heavy atom. The maximum Gasteiger partial charge on any atom is 0.0621 e. The first kappa shape index (κ1) is 7.60. The van der Waals surface area contributed by atoms with E-state index in [0.29, 0.717) is 0 Å². The van der Waals surface area contributed by atoms with Crippen molar-refractivity contribution < 1.29 is 0 Å². The molecule has 1 aliphatic carbocycles. The summed E-state index contributed by atoms with van der Waals surface area (Å²) in [6, 6.07) is 2.20. The van der Waals surface area contributed by atoms with Crippen molar-refractivity contribution in [1.29, 1.82) is 5.26 Å². The lowest BCUT2D eigenvalue weighted by Gasteiger charge is -1.92. The first-order valence-electron chi connectivity index (χ1n) is 4.25. The molecule has 1 nitrogen and oxygen atoms in total. The van der Waals surface area contributed by atoms with Crippen LogP contribution in [0.15, 0.2) is 0 Å². The molecule has 0 aromatic heterocycles. The Morgan fingerprint density at radius 2 is 2.10 bits per heavy atom. The van der Waals surface area contributed by atoms with Crippen molar-refractivity contribution in [3.8, 4) is 6.07 Å². The highest BCUT2D eigenvalue weighted by molar-refractivity contribution is 4.87. The second-order valence-corrected chi connectivity index (χ2v) is 3.24. The number of rotatable bonds is 4. The molecular weight excluding hydrogens is 122 g/mol. The van der Waals surface area contributed by atoms with E-state index in [4.69, 9.17) is 5.26 Å². The Kier molecular flexibility index (Phi) is 2.74. The van der Waals surface area contributed by atoms with E-state index >= 15 is 0 Å². The number of nitrogens with zero attached hydrogens (tertiary/aromatic N) is 1. The fourth-order valence-corrected chi connectivity index (χ4v) is 1.64. The summed E-state index contributed by atoms with van der Waals surface area (Å²) in [6.45, 7) is 2.24. The third-order valence-electron chi connectivity index (χ3n) is 2.36. The highest BCUT2D eigenvalue weighted by Crippen LogP contribution is 2.44. The summed E-state index contributed by atoms with van der Waals surface area (Å²) in [6.07, 6.45) is 6.02. The zero-order valence-corrected chi connectivity index (χ0v) is 6.64. The summed E-state index contributed by atoms with van der Waals surface area (Å²) < 4.78 is 0. The Morgan fingerprint density at radius 1 is 1.40 bits per heavy atom. The van der Waals surface area contributed by atoms with E-state index in [2.05, 4.69) is 13.0 Å². The second kappa shape index (κ2) is 3.61. The van der Waals surface area contributed by atoms with Gasteiger partial charge in [0.05, 0.1) is 6.07 Å². The zero-order valence-electron chi connectivity index (χ0n) is 6.64. The van der Waals surface area contributed by atoms with Crippen LogP contribution in [0.25, 0.3) is 0 Å². The highest BCUT2D eigenvalue weighted by atomic mass is 14.4. The number of hydrogen-bond acceptors (Lipinski definition) is 1. The summed E-state index contributed by atoms with van der Waals surface area (Å²) in [7, 11) is 0. The van der Waals surface area contributed by atoms with Crippen molar-refractivity contribution in [2.75, 3.05) is 0 Å². The minimum Gasteiger partial charge on any atom is -0.198 e. The first-order valence-corrected chi connectivity index (χ1v) is 4.25. The SMILES string of the molecule is CCCC1CC1CCC#N. The third-order valence-corrected chi connectivity index (χ3v) is 2.36. The normalized spacial score (nSPS) is 29.6. The second-order valence-electron chi connectivity index (χ2n) is 3.24. The lowest BCUT2D eigenvalue weighted by atomic mass is 10.1. The summed E-state index contributed by atoms with van der Waals surface area (Å²) >= 11 is 0. The standard InChI is InChI=1S/C9H15N/c1-2-4-8-7-9(8)5-3-6-10/h8-9H,2-5,7H2,1H3. The van der Waals surface area contributed by atoms with Gasteiger partial charge in [-0.3, -0.25) is 0 Å². The molecule has 0 radical (unpaired) electrons. The molecule has 0 aliphatic heterocycles. The van der Waals surface area contributed by atoms with Crippen LogP contribution in [-0.2, 0) is 0 Å². The van der Waals surface area contributed by atoms with Crippen molar-refractivity contribution >= 4 is 0 Å². The van der Waals surface area contributed by atoms with Gasteiger partial charge in [0.15, 0.2) is 0 Å². The average molecular weight is 137 g/mol. The molecule has 1 rings (SSSR count). The van der Waals surface area contributed by atoms with Gasteiger partial charge in [-0.05, 0) is 24.7 Å². The van der Waals surface area contributed by atoms with Gasteiger partial charge in [0.25, 0.3) is 0 Å². The van der Waals surface area contributed by atoms with E-state index in [1.165, 1.54) is 19.3 Å². The van der Waals surface area contributed by atoms with Gasteiger partial charge >= 0.3 is 0 Å². The maximum atomic E-state index is 8.31. The molecule has 0 heterocycles. The van der Waals surface area contributed by atoms with E-state index < -0.39 is 0 Å². The van der Waals surface area contributed by atoms with Crippen LogP contribution in [0.1, 0.15) is 39.0 Å². The Balaban J connectivity index is 1.98. The molecule has 0 saturated heterocycles. The van der Waals surface area contributed by atoms with E-state index in [1.54, 1.807) is 0 Å². The van der Waals surface area contributed by atoms with Gasteiger partial charge in [0.1, 0.15) is 0 Å². The van der Waals surface area contributed by atoms with Gasteiger partial charge in [-0.15, -0.1) is 0 Å². The highest BCUT2D eigenvalue weighted by Gasteiger charge is 2.34. The molecule has 2 atom stereocenters. The van der Waals surface area contributed by atoms with Gasteiger partial charge in [-0.25, -0.2) is 0 Å². The molecule has 0 spiro atoms. The van der Waals surface area contributed by atoms with Crippen LogP contribution < -0.4 is 0 Å². The molecule has 0 aromatic carbocycles. The molecule has 0 aromatic rings. The number of nitriles is 1. The molecule has 0 amide bonds. The minimum absolute atomic E-state index is 0.769. The van der Waals surface area contributed by atoms with E-state index in [-0.39, 0.29) is 0 Å². The van der Waals surface area contributed by atoms with Gasteiger partial charge in [-0.2, -0.15) is 5.26 Å². The lowest BCUT2D eigenvalue weighted by molar-refractivity contribution is 0.607. The van der Waals surface area contributed by atoms with Crippen molar-refractivity contribution in [3.63, 3.8) is 0 Å². The predicted octanol–water partition coefficient (Wildman–Crippen LogP) is 2.73. The topological polar surface area (TPSA) is 23.8 Å². The smallest absolute Gasteiger partial charge is 0.0621 e. The van der Waals surface area contributed by atoms with Crippen LogP contribution in [0, 0.1) is 23.2 Å². The van der Waals surface area contributed by atoms with Gasteiger partial charge in [0.2, 0.25) is 0 Å². The van der Waals surface area contributed by atoms with Crippen LogP contribution in [0.3, 0.4) is 0 Å². The molecule has 0 N–H and O–H groups in total. The van der Waals surface area contributed by atoms with Crippen molar-refractivity contribution in [2.24, 2.45) is 11.8 Å². The summed E-state index contributed by atoms with van der Waals surface area (Å²) in [4.78, 5) is 0. The Labute approximate surface area is 63.0 Å². The minimum atomic E-state index is 0.769. The Bertz CT molecular complexity index is 134. The molecule has 1 fully saturated rings. The molecule has 1 heteroatoms. The molecule has 2 unspecified atom stereocenters. The largest absolute Gasteiger partial charge is 0.198 e.